The Kier molecular flexibility index (Phi) is 8.89. The molecule has 1 aromatic heterocycles. The summed E-state index contributed by atoms with van der Waals surface area (Å²) in [7, 11) is 1.62. The third-order valence-electron chi connectivity index (χ3n) is 5.70. The van der Waals surface area contributed by atoms with Crippen LogP contribution in [0.4, 0.5) is 5.69 Å². The third-order valence-corrected chi connectivity index (χ3v) is 7.89. The molecule has 0 fully saturated rings. The Hall–Kier alpha value is -3.02. The van der Waals surface area contributed by atoms with Gasteiger partial charge in [-0.1, -0.05) is 36.9 Å². The van der Waals surface area contributed by atoms with Crippen LogP contribution in [0.5, 0.6) is 0 Å². The smallest absolute Gasteiger partial charge is 0.259 e. The largest absolute Gasteiger partial charge is 0.385 e. The van der Waals surface area contributed by atoms with E-state index in [4.69, 9.17) is 9.73 Å². The van der Waals surface area contributed by atoms with Crippen LogP contribution in [0.25, 0.3) is 0 Å². The van der Waals surface area contributed by atoms with Crippen molar-refractivity contribution < 1.29 is 19.1 Å². The number of hydrogen-bond donors (Lipinski definition) is 2. The van der Waals surface area contributed by atoms with Gasteiger partial charge in [-0.15, -0.1) is 11.3 Å². The molecule has 2 aliphatic heterocycles. The number of thioether (sulfide) groups is 1. The molecule has 3 amide bonds. The SMILES string of the molecule is CC[C@@H](SC1=Nc2ccccc2C2=N[C@@H](CC(=O)NCc3cccs3)C(=O)N12)C(=O)NCCCOC. The number of rotatable bonds is 11. The molecule has 0 unspecified atom stereocenters. The van der Waals surface area contributed by atoms with Crippen LogP contribution in [-0.2, 0) is 25.7 Å². The maximum absolute atomic E-state index is 13.4. The molecule has 0 aliphatic carbocycles. The number of nitrogens with one attached hydrogen (secondary N) is 2. The first-order valence-electron chi connectivity index (χ1n) is 11.8. The molecule has 0 radical (unpaired) electrons. The van der Waals surface area contributed by atoms with Gasteiger partial charge in [0, 0.05) is 30.7 Å². The third kappa shape index (κ3) is 6.03. The zero-order chi connectivity index (χ0) is 25.5. The van der Waals surface area contributed by atoms with Gasteiger partial charge in [0.05, 0.1) is 23.9 Å². The van der Waals surface area contributed by atoms with Gasteiger partial charge in [-0.25, -0.2) is 9.89 Å². The van der Waals surface area contributed by atoms with Gasteiger partial charge in [-0.2, -0.15) is 0 Å². The Morgan fingerprint density at radius 2 is 2.06 bits per heavy atom. The zero-order valence-electron chi connectivity index (χ0n) is 20.2. The predicted molar refractivity (Wildman–Crippen MR) is 143 cm³/mol. The van der Waals surface area contributed by atoms with E-state index < -0.39 is 11.3 Å². The van der Waals surface area contributed by atoms with Gasteiger partial charge in [0.15, 0.2) is 5.17 Å². The minimum atomic E-state index is -0.844. The second-order valence-electron chi connectivity index (χ2n) is 8.27. The van der Waals surface area contributed by atoms with Crippen LogP contribution >= 0.6 is 23.1 Å². The lowest BCUT2D eigenvalue weighted by Gasteiger charge is -2.27. The molecule has 3 heterocycles. The summed E-state index contributed by atoms with van der Waals surface area (Å²) >= 11 is 2.80. The number of para-hydroxylation sites is 1. The molecule has 2 N–H and O–H groups in total. The molecule has 2 aliphatic rings. The summed E-state index contributed by atoms with van der Waals surface area (Å²) in [6.07, 6.45) is 1.22. The van der Waals surface area contributed by atoms with Crippen LogP contribution in [0.15, 0.2) is 51.8 Å². The maximum Gasteiger partial charge on any atom is 0.259 e. The van der Waals surface area contributed by atoms with E-state index >= 15 is 0 Å². The number of nitrogens with zero attached hydrogens (tertiary/aromatic N) is 3. The van der Waals surface area contributed by atoms with Crippen LogP contribution < -0.4 is 10.6 Å². The second-order valence-corrected chi connectivity index (χ2v) is 10.5. The molecule has 9 nitrogen and oxygen atoms in total. The highest BCUT2D eigenvalue weighted by molar-refractivity contribution is 8.15. The molecule has 2 aromatic rings. The fraction of sp³-hybridized carbons (Fsp3) is 0.400. The molecule has 190 valence electrons. The Balaban J connectivity index is 1.49. The topological polar surface area (TPSA) is 112 Å². The fourth-order valence-electron chi connectivity index (χ4n) is 3.85. The van der Waals surface area contributed by atoms with Crippen molar-refractivity contribution in [3.63, 3.8) is 0 Å². The lowest BCUT2D eigenvalue weighted by Crippen LogP contribution is -2.44. The molecule has 36 heavy (non-hydrogen) atoms. The predicted octanol–water partition coefficient (Wildman–Crippen LogP) is 3.08. The van der Waals surface area contributed by atoms with Crippen LogP contribution in [0, 0.1) is 0 Å². The summed E-state index contributed by atoms with van der Waals surface area (Å²) in [6, 6.07) is 10.5. The molecule has 0 saturated heterocycles. The highest BCUT2D eigenvalue weighted by atomic mass is 32.2. The highest BCUT2D eigenvalue weighted by Crippen LogP contribution is 2.35. The number of carbonyl (C=O) groups is 3. The van der Waals surface area contributed by atoms with E-state index in [1.165, 1.54) is 16.7 Å². The van der Waals surface area contributed by atoms with Gasteiger partial charge >= 0.3 is 0 Å². The monoisotopic (exact) mass is 527 g/mol. The minimum Gasteiger partial charge on any atom is -0.385 e. The average molecular weight is 528 g/mol. The Morgan fingerprint density at radius 1 is 1.22 bits per heavy atom. The van der Waals surface area contributed by atoms with E-state index in [9.17, 15) is 14.4 Å². The van der Waals surface area contributed by atoms with Gasteiger partial charge < -0.3 is 15.4 Å². The lowest BCUT2D eigenvalue weighted by atomic mass is 10.1. The van der Waals surface area contributed by atoms with Crippen molar-refractivity contribution in [1.82, 2.24) is 15.5 Å². The minimum absolute atomic E-state index is 0.0541. The number of aliphatic imine (C=N–C) groups is 2. The van der Waals surface area contributed by atoms with E-state index in [2.05, 4.69) is 15.6 Å². The number of fused-ring (bicyclic) bond motifs is 3. The van der Waals surface area contributed by atoms with Crippen LogP contribution in [0.3, 0.4) is 0 Å². The van der Waals surface area contributed by atoms with Gasteiger partial charge in [-0.05, 0) is 36.4 Å². The van der Waals surface area contributed by atoms with Gasteiger partial charge in [-0.3, -0.25) is 19.4 Å². The van der Waals surface area contributed by atoms with E-state index in [1.54, 1.807) is 18.4 Å². The Bertz CT molecular complexity index is 1160. The second kappa shape index (κ2) is 12.3. The quantitative estimate of drug-likeness (QED) is 0.436. The summed E-state index contributed by atoms with van der Waals surface area (Å²) < 4.78 is 5.03. The molecule has 0 bridgehead atoms. The highest BCUT2D eigenvalue weighted by Gasteiger charge is 2.43. The summed E-state index contributed by atoms with van der Waals surface area (Å²) in [5, 5.41) is 7.71. The first-order valence-corrected chi connectivity index (χ1v) is 13.6. The van der Waals surface area contributed by atoms with Crippen molar-refractivity contribution in [3.8, 4) is 0 Å². The Labute approximate surface area is 218 Å². The number of hydrogen-bond acceptors (Lipinski definition) is 8. The van der Waals surface area contributed by atoms with Crippen LogP contribution in [0.2, 0.25) is 0 Å². The first kappa shape index (κ1) is 26.1. The van der Waals surface area contributed by atoms with Gasteiger partial charge in [0.2, 0.25) is 11.8 Å². The zero-order valence-corrected chi connectivity index (χ0v) is 21.9. The number of carbonyl (C=O) groups excluding carboxylic acids is 3. The molecule has 4 rings (SSSR count). The van der Waals surface area contributed by atoms with Crippen LogP contribution in [0.1, 0.15) is 36.6 Å². The molecular formula is C25H29N5O4S2. The summed E-state index contributed by atoms with van der Waals surface area (Å²) in [5.74, 6) is -0.200. The summed E-state index contributed by atoms with van der Waals surface area (Å²) in [6.45, 7) is 3.42. The number of amidine groups is 2. The van der Waals surface area contributed by atoms with Gasteiger partial charge in [0.1, 0.15) is 11.9 Å². The number of benzene rings is 1. The fourth-order valence-corrected chi connectivity index (χ4v) is 5.54. The molecular weight excluding hydrogens is 498 g/mol. The molecule has 2 atom stereocenters. The van der Waals surface area contributed by atoms with Crippen LogP contribution in [-0.4, -0.2) is 65.2 Å². The van der Waals surface area contributed by atoms with E-state index in [0.717, 1.165) is 16.9 Å². The number of methoxy groups -OCH3 is 1. The molecule has 0 spiro atoms. The average Bonchev–Trinajstić information content (AvgIpc) is 3.52. The van der Waals surface area contributed by atoms with Crippen molar-refractivity contribution in [2.75, 3.05) is 20.3 Å². The van der Waals surface area contributed by atoms with Crippen molar-refractivity contribution in [2.45, 2.75) is 44.0 Å². The lowest BCUT2D eigenvalue weighted by molar-refractivity contribution is -0.128. The number of thiophene rings is 1. The van der Waals surface area contributed by atoms with Crippen molar-refractivity contribution in [1.29, 1.82) is 0 Å². The normalized spacial score (nSPS) is 17.1. The van der Waals surface area contributed by atoms with E-state index in [-0.39, 0.29) is 24.1 Å². The first-order chi connectivity index (χ1) is 17.5. The molecule has 1 aromatic carbocycles. The van der Waals surface area contributed by atoms with Crippen molar-refractivity contribution in [3.05, 3.63) is 52.2 Å². The molecule has 0 saturated carbocycles. The molecule has 11 heteroatoms. The van der Waals surface area contributed by atoms with Gasteiger partial charge in [0.25, 0.3) is 5.91 Å². The van der Waals surface area contributed by atoms with E-state index in [0.29, 0.717) is 42.8 Å². The van der Waals surface area contributed by atoms with Crippen molar-refractivity contribution >= 4 is 57.5 Å². The summed E-state index contributed by atoms with van der Waals surface area (Å²) in [5.41, 5.74) is 1.41. The number of amides is 3. The summed E-state index contributed by atoms with van der Waals surface area (Å²) in [4.78, 5) is 50.7. The van der Waals surface area contributed by atoms with E-state index in [1.807, 2.05) is 48.7 Å². The van der Waals surface area contributed by atoms with Crippen molar-refractivity contribution in [2.24, 2.45) is 9.98 Å². The standard InChI is InChI=1S/C25H29N5O4S2/c1-3-20(23(32)26-11-7-12-34-2)36-25-29-18-10-5-4-9-17(18)22-28-19(24(33)30(22)25)14-21(31)27-15-16-8-6-13-35-16/h4-6,8-10,13,19-20H,3,7,11-12,14-15H2,1-2H3,(H,26,32)(H,27,31)/t19-,20+/m0/s1. The Morgan fingerprint density at radius 3 is 2.81 bits per heavy atom. The number of ether oxygens (including phenoxy) is 1. The maximum atomic E-state index is 13.4.